The van der Waals surface area contributed by atoms with E-state index >= 15 is 0 Å². The van der Waals surface area contributed by atoms with E-state index in [2.05, 4.69) is 6.26 Å². The number of hydrogen-bond acceptors (Lipinski definition) is 2. The van der Waals surface area contributed by atoms with Crippen molar-refractivity contribution in [2.45, 2.75) is 37.9 Å². The minimum Gasteiger partial charge on any atom is -0.343 e. The van der Waals surface area contributed by atoms with Crippen LogP contribution in [0.3, 0.4) is 0 Å². The summed E-state index contributed by atoms with van der Waals surface area (Å²) in [5, 5.41) is 0.902. The summed E-state index contributed by atoms with van der Waals surface area (Å²) >= 11 is 2.01. The molecule has 2 rings (SSSR count). The number of likely N-dealkylation sites (tertiary alicyclic amines) is 1. The fourth-order valence-electron chi connectivity index (χ4n) is 2.78. The van der Waals surface area contributed by atoms with Gasteiger partial charge in [-0.15, -0.1) is 0 Å². The van der Waals surface area contributed by atoms with Crippen LogP contribution in [0.4, 0.5) is 0 Å². The summed E-state index contributed by atoms with van der Waals surface area (Å²) in [7, 11) is 0. The quantitative estimate of drug-likeness (QED) is 0.665. The molecule has 0 bridgehead atoms. The lowest BCUT2D eigenvalue weighted by Gasteiger charge is -2.51. The molecular formula is C11H19NOS. The minimum atomic E-state index is 0.251. The van der Waals surface area contributed by atoms with Crippen molar-refractivity contribution in [3.05, 3.63) is 0 Å². The average Bonchev–Trinajstić information content (AvgIpc) is 2.14. The van der Waals surface area contributed by atoms with Crippen LogP contribution < -0.4 is 0 Å². The molecule has 1 aliphatic carbocycles. The molecule has 0 aromatic rings. The molecule has 1 heterocycles. The Kier molecular flexibility index (Phi) is 2.78. The molecule has 0 aromatic carbocycles. The zero-order chi connectivity index (χ0) is 10.2. The molecule has 2 aliphatic rings. The first-order chi connectivity index (χ1) is 6.65. The van der Waals surface area contributed by atoms with Gasteiger partial charge in [-0.05, 0) is 37.4 Å². The molecule has 3 heteroatoms. The summed E-state index contributed by atoms with van der Waals surface area (Å²) in [5.41, 5.74) is 0.625. The Labute approximate surface area is 90.4 Å². The van der Waals surface area contributed by atoms with Crippen LogP contribution in [0.2, 0.25) is 0 Å². The summed E-state index contributed by atoms with van der Waals surface area (Å²) in [4.78, 5) is 13.2. The largest absolute Gasteiger partial charge is 0.343 e. The van der Waals surface area contributed by atoms with Crippen LogP contribution >= 0.6 is 11.8 Å². The predicted molar refractivity (Wildman–Crippen MR) is 60.5 cm³/mol. The molecule has 2 fully saturated rings. The van der Waals surface area contributed by atoms with E-state index in [9.17, 15) is 4.79 Å². The molecule has 0 unspecified atom stereocenters. The van der Waals surface area contributed by atoms with Gasteiger partial charge in [0.15, 0.2) is 0 Å². The van der Waals surface area contributed by atoms with E-state index in [1.54, 1.807) is 6.92 Å². The Hall–Kier alpha value is -0.180. The van der Waals surface area contributed by atoms with Crippen LogP contribution in [0.5, 0.6) is 0 Å². The standard InChI is InChI=1S/C11H19NOS/c1-9(13)12-5-3-11(4-6-12)7-10(8-11)14-2/h10H,3-8H2,1-2H3. The predicted octanol–water partition coefficient (Wildman–Crippen LogP) is 2.14. The minimum absolute atomic E-state index is 0.251. The van der Waals surface area contributed by atoms with Crippen molar-refractivity contribution in [2.24, 2.45) is 5.41 Å². The maximum Gasteiger partial charge on any atom is 0.219 e. The first-order valence-electron chi connectivity index (χ1n) is 5.43. The molecule has 1 saturated carbocycles. The summed E-state index contributed by atoms with van der Waals surface area (Å²) < 4.78 is 0. The maximum atomic E-state index is 11.2. The molecule has 0 radical (unpaired) electrons. The van der Waals surface area contributed by atoms with Crippen LogP contribution in [0.15, 0.2) is 0 Å². The van der Waals surface area contributed by atoms with Gasteiger partial charge in [0.1, 0.15) is 0 Å². The van der Waals surface area contributed by atoms with Gasteiger partial charge in [-0.1, -0.05) is 0 Å². The molecule has 80 valence electrons. The molecule has 0 aromatic heterocycles. The van der Waals surface area contributed by atoms with Crippen molar-refractivity contribution in [3.63, 3.8) is 0 Å². The van der Waals surface area contributed by atoms with Crippen molar-refractivity contribution in [3.8, 4) is 0 Å². The third-order valence-corrected chi connectivity index (χ3v) is 4.92. The molecule has 0 atom stereocenters. The molecule has 2 nitrogen and oxygen atoms in total. The molecule has 1 spiro atoms. The third-order valence-electron chi connectivity index (χ3n) is 3.92. The summed E-state index contributed by atoms with van der Waals surface area (Å²) in [6.07, 6.45) is 7.47. The van der Waals surface area contributed by atoms with Crippen molar-refractivity contribution < 1.29 is 4.79 Å². The highest BCUT2D eigenvalue weighted by molar-refractivity contribution is 7.99. The van der Waals surface area contributed by atoms with E-state index in [1.165, 1.54) is 25.7 Å². The highest BCUT2D eigenvalue weighted by Gasteiger charge is 2.45. The summed E-state index contributed by atoms with van der Waals surface area (Å²) in [6.45, 7) is 3.68. The third kappa shape index (κ3) is 1.79. The fourth-order valence-corrected chi connectivity index (χ4v) is 3.82. The molecule has 1 saturated heterocycles. The van der Waals surface area contributed by atoms with E-state index in [0.717, 1.165) is 18.3 Å². The van der Waals surface area contributed by atoms with Gasteiger partial charge in [0, 0.05) is 25.3 Å². The first kappa shape index (κ1) is 10.3. The van der Waals surface area contributed by atoms with E-state index in [-0.39, 0.29) is 5.91 Å². The highest BCUT2D eigenvalue weighted by Crippen LogP contribution is 2.52. The zero-order valence-corrected chi connectivity index (χ0v) is 9.90. The number of hydrogen-bond donors (Lipinski definition) is 0. The molecule has 1 aliphatic heterocycles. The Balaban J connectivity index is 1.82. The van der Waals surface area contributed by atoms with Gasteiger partial charge in [0.05, 0.1) is 0 Å². The van der Waals surface area contributed by atoms with E-state index in [1.807, 2.05) is 16.7 Å². The van der Waals surface area contributed by atoms with Crippen LogP contribution in [0, 0.1) is 5.41 Å². The zero-order valence-electron chi connectivity index (χ0n) is 9.08. The number of carbonyl (C=O) groups is 1. The number of piperidine rings is 1. The normalized spacial score (nSPS) is 26.3. The van der Waals surface area contributed by atoms with Gasteiger partial charge in [-0.3, -0.25) is 4.79 Å². The highest BCUT2D eigenvalue weighted by atomic mass is 32.2. The lowest BCUT2D eigenvalue weighted by Crippen LogP contribution is -2.49. The van der Waals surface area contributed by atoms with Crippen molar-refractivity contribution in [1.29, 1.82) is 0 Å². The Bertz CT molecular complexity index is 225. The van der Waals surface area contributed by atoms with Gasteiger partial charge in [-0.2, -0.15) is 11.8 Å². The summed E-state index contributed by atoms with van der Waals surface area (Å²) in [6, 6.07) is 0. The smallest absolute Gasteiger partial charge is 0.219 e. The van der Waals surface area contributed by atoms with Crippen LogP contribution in [0.25, 0.3) is 0 Å². The average molecular weight is 213 g/mol. The van der Waals surface area contributed by atoms with E-state index in [0.29, 0.717) is 5.41 Å². The summed E-state index contributed by atoms with van der Waals surface area (Å²) in [5.74, 6) is 0.251. The van der Waals surface area contributed by atoms with Crippen LogP contribution in [-0.2, 0) is 4.79 Å². The van der Waals surface area contributed by atoms with Crippen molar-refractivity contribution >= 4 is 17.7 Å². The van der Waals surface area contributed by atoms with Crippen LogP contribution in [0.1, 0.15) is 32.6 Å². The van der Waals surface area contributed by atoms with E-state index < -0.39 is 0 Å². The van der Waals surface area contributed by atoms with Gasteiger partial charge < -0.3 is 4.90 Å². The number of amides is 1. The molecule has 1 amide bonds. The molecule has 0 N–H and O–H groups in total. The number of carbonyl (C=O) groups excluding carboxylic acids is 1. The lowest BCUT2D eigenvalue weighted by molar-refractivity contribution is -0.132. The van der Waals surface area contributed by atoms with Gasteiger partial charge in [-0.25, -0.2) is 0 Å². The van der Waals surface area contributed by atoms with Crippen molar-refractivity contribution in [1.82, 2.24) is 4.90 Å². The Morgan fingerprint density at radius 1 is 1.36 bits per heavy atom. The Morgan fingerprint density at radius 3 is 2.36 bits per heavy atom. The SMILES string of the molecule is CSC1CC2(CCN(C(C)=O)CC2)C1. The maximum absolute atomic E-state index is 11.2. The van der Waals surface area contributed by atoms with Gasteiger partial charge in [0.2, 0.25) is 5.91 Å². The monoisotopic (exact) mass is 213 g/mol. The Morgan fingerprint density at radius 2 is 1.93 bits per heavy atom. The number of nitrogens with zero attached hydrogens (tertiary/aromatic N) is 1. The van der Waals surface area contributed by atoms with Gasteiger partial charge >= 0.3 is 0 Å². The second-order valence-electron chi connectivity index (χ2n) is 4.77. The molecule has 14 heavy (non-hydrogen) atoms. The second-order valence-corrected chi connectivity index (χ2v) is 5.91. The van der Waals surface area contributed by atoms with Crippen molar-refractivity contribution in [2.75, 3.05) is 19.3 Å². The number of thioether (sulfide) groups is 1. The number of rotatable bonds is 1. The van der Waals surface area contributed by atoms with Crippen LogP contribution in [-0.4, -0.2) is 35.4 Å². The fraction of sp³-hybridized carbons (Fsp3) is 0.909. The van der Waals surface area contributed by atoms with Gasteiger partial charge in [0.25, 0.3) is 0 Å². The van der Waals surface area contributed by atoms with E-state index in [4.69, 9.17) is 0 Å². The first-order valence-corrected chi connectivity index (χ1v) is 6.72. The molecular weight excluding hydrogens is 194 g/mol. The topological polar surface area (TPSA) is 20.3 Å². The lowest BCUT2D eigenvalue weighted by atomic mass is 9.63. The second kappa shape index (κ2) is 3.76.